The summed E-state index contributed by atoms with van der Waals surface area (Å²) < 4.78 is 0. The van der Waals surface area contributed by atoms with Crippen LogP contribution in [0.1, 0.15) is 29.8 Å². The van der Waals surface area contributed by atoms with Crippen molar-refractivity contribution < 1.29 is 4.79 Å². The van der Waals surface area contributed by atoms with E-state index < -0.39 is 0 Å². The molecule has 3 rings (SSSR count). The first-order valence-electron chi connectivity index (χ1n) is 10.4. The molecule has 6 nitrogen and oxygen atoms in total. The van der Waals surface area contributed by atoms with Crippen molar-refractivity contribution in [1.29, 1.82) is 0 Å². The summed E-state index contributed by atoms with van der Waals surface area (Å²) in [4.78, 5) is 23.7. The van der Waals surface area contributed by atoms with Crippen LogP contribution < -0.4 is 10.6 Å². The fourth-order valence-electron chi connectivity index (χ4n) is 3.13. The number of carbonyl (C=O) groups is 1. The second-order valence-electron chi connectivity index (χ2n) is 7.12. The number of hydrogen-bond donors (Lipinski definition) is 2. The van der Waals surface area contributed by atoms with Crippen LogP contribution in [0.2, 0.25) is 0 Å². The van der Waals surface area contributed by atoms with Crippen molar-refractivity contribution in [2.75, 3.05) is 31.5 Å². The maximum atomic E-state index is 12.5. The highest BCUT2D eigenvalue weighted by molar-refractivity contribution is 5.95. The molecule has 0 bridgehead atoms. The number of nitrogens with zero attached hydrogens (tertiary/aromatic N) is 3. The Morgan fingerprint density at radius 1 is 1.03 bits per heavy atom. The highest BCUT2D eigenvalue weighted by Gasteiger charge is 2.08. The molecule has 0 radical (unpaired) electrons. The number of hydrogen-bond acceptors (Lipinski definition) is 5. The Labute approximate surface area is 178 Å². The van der Waals surface area contributed by atoms with Gasteiger partial charge in [0.15, 0.2) is 5.82 Å². The van der Waals surface area contributed by atoms with E-state index in [4.69, 9.17) is 0 Å². The van der Waals surface area contributed by atoms with Gasteiger partial charge in [-0.05, 0) is 44.3 Å². The SMILES string of the molecule is CCN(CC)CCNC(=O)c1cccc(Nc2ccnc(-c3ccc(C)cc3)n2)c1. The molecule has 2 aromatic carbocycles. The van der Waals surface area contributed by atoms with Gasteiger partial charge in [-0.15, -0.1) is 0 Å². The summed E-state index contributed by atoms with van der Waals surface area (Å²) in [5.41, 5.74) is 3.58. The predicted octanol–water partition coefficient (Wildman–Crippen LogP) is 4.27. The van der Waals surface area contributed by atoms with E-state index in [0.29, 0.717) is 23.8 Å². The van der Waals surface area contributed by atoms with Crippen LogP contribution in [0.3, 0.4) is 0 Å². The molecular formula is C24H29N5O. The fraction of sp³-hybridized carbons (Fsp3) is 0.292. The number of amides is 1. The lowest BCUT2D eigenvalue weighted by Gasteiger charge is -2.18. The molecule has 0 saturated heterocycles. The van der Waals surface area contributed by atoms with Crippen LogP contribution in [-0.2, 0) is 0 Å². The van der Waals surface area contributed by atoms with E-state index in [1.54, 1.807) is 6.20 Å². The molecule has 2 N–H and O–H groups in total. The third kappa shape index (κ3) is 5.87. The minimum absolute atomic E-state index is 0.0751. The van der Waals surface area contributed by atoms with Gasteiger partial charge >= 0.3 is 0 Å². The van der Waals surface area contributed by atoms with Gasteiger partial charge in [0.05, 0.1) is 0 Å². The van der Waals surface area contributed by atoms with E-state index in [1.165, 1.54) is 5.56 Å². The van der Waals surface area contributed by atoms with Gasteiger partial charge in [0.2, 0.25) is 0 Å². The van der Waals surface area contributed by atoms with Crippen molar-refractivity contribution >= 4 is 17.4 Å². The van der Waals surface area contributed by atoms with E-state index in [-0.39, 0.29) is 5.91 Å². The second-order valence-corrected chi connectivity index (χ2v) is 7.12. The molecule has 0 unspecified atom stereocenters. The average molecular weight is 404 g/mol. The van der Waals surface area contributed by atoms with Gasteiger partial charge in [0.1, 0.15) is 5.82 Å². The molecule has 0 fully saturated rings. The summed E-state index contributed by atoms with van der Waals surface area (Å²) >= 11 is 0. The molecule has 0 saturated carbocycles. The van der Waals surface area contributed by atoms with E-state index in [0.717, 1.165) is 30.9 Å². The monoisotopic (exact) mass is 403 g/mol. The lowest BCUT2D eigenvalue weighted by molar-refractivity contribution is 0.0949. The zero-order valence-corrected chi connectivity index (χ0v) is 17.9. The third-order valence-electron chi connectivity index (χ3n) is 4.97. The van der Waals surface area contributed by atoms with Crippen LogP contribution in [0.5, 0.6) is 0 Å². The van der Waals surface area contributed by atoms with Crippen LogP contribution in [0.4, 0.5) is 11.5 Å². The normalized spacial score (nSPS) is 10.8. The standard InChI is InChI=1S/C24H29N5O/c1-4-29(5-2)16-15-26-24(30)20-7-6-8-21(17-20)27-22-13-14-25-23(28-22)19-11-9-18(3)10-12-19/h6-14,17H,4-5,15-16H2,1-3H3,(H,26,30)(H,25,27,28). The molecule has 3 aromatic rings. The minimum Gasteiger partial charge on any atom is -0.351 e. The number of nitrogens with one attached hydrogen (secondary N) is 2. The number of benzene rings is 2. The first-order chi connectivity index (χ1) is 14.6. The molecule has 1 aromatic heterocycles. The smallest absolute Gasteiger partial charge is 0.251 e. The zero-order valence-electron chi connectivity index (χ0n) is 17.9. The largest absolute Gasteiger partial charge is 0.351 e. The lowest BCUT2D eigenvalue weighted by Crippen LogP contribution is -2.34. The first kappa shape index (κ1) is 21.5. The lowest BCUT2D eigenvalue weighted by atomic mass is 10.1. The third-order valence-corrected chi connectivity index (χ3v) is 4.97. The van der Waals surface area contributed by atoms with E-state index in [2.05, 4.69) is 46.3 Å². The number of carbonyl (C=O) groups excluding carboxylic acids is 1. The molecule has 1 amide bonds. The summed E-state index contributed by atoms with van der Waals surface area (Å²) in [5, 5.41) is 6.26. The Hall–Kier alpha value is -3.25. The maximum absolute atomic E-state index is 12.5. The molecule has 30 heavy (non-hydrogen) atoms. The Balaban J connectivity index is 1.66. The topological polar surface area (TPSA) is 70.2 Å². The molecule has 6 heteroatoms. The van der Waals surface area contributed by atoms with Crippen LogP contribution in [0, 0.1) is 6.92 Å². The van der Waals surface area contributed by atoms with Crippen LogP contribution >= 0.6 is 0 Å². The zero-order chi connectivity index (χ0) is 21.3. The summed E-state index contributed by atoms with van der Waals surface area (Å²) in [6.45, 7) is 9.74. The van der Waals surface area contributed by atoms with E-state index >= 15 is 0 Å². The van der Waals surface area contributed by atoms with Gasteiger partial charge in [-0.1, -0.05) is 49.7 Å². The molecule has 0 spiro atoms. The van der Waals surface area contributed by atoms with Crippen molar-refractivity contribution in [3.05, 3.63) is 71.9 Å². The number of aryl methyl sites for hydroxylation is 1. The average Bonchev–Trinajstić information content (AvgIpc) is 2.77. The van der Waals surface area contributed by atoms with Crippen molar-refractivity contribution in [1.82, 2.24) is 20.2 Å². The number of anilines is 2. The van der Waals surface area contributed by atoms with E-state index in [9.17, 15) is 4.79 Å². The van der Waals surface area contributed by atoms with Gasteiger partial charge in [-0.25, -0.2) is 9.97 Å². The van der Waals surface area contributed by atoms with Crippen molar-refractivity contribution in [3.63, 3.8) is 0 Å². The number of aromatic nitrogens is 2. The highest BCUT2D eigenvalue weighted by Crippen LogP contribution is 2.20. The van der Waals surface area contributed by atoms with Gasteiger partial charge < -0.3 is 15.5 Å². The Kier molecular flexibility index (Phi) is 7.51. The molecule has 1 heterocycles. The van der Waals surface area contributed by atoms with Crippen molar-refractivity contribution in [2.24, 2.45) is 0 Å². The van der Waals surface area contributed by atoms with Gasteiger partial charge in [-0.3, -0.25) is 4.79 Å². The van der Waals surface area contributed by atoms with Gasteiger partial charge in [0.25, 0.3) is 5.91 Å². The summed E-state index contributed by atoms with van der Waals surface area (Å²) in [7, 11) is 0. The Morgan fingerprint density at radius 3 is 2.53 bits per heavy atom. The van der Waals surface area contributed by atoms with Crippen LogP contribution in [0.25, 0.3) is 11.4 Å². The van der Waals surface area contributed by atoms with E-state index in [1.807, 2.05) is 54.6 Å². The van der Waals surface area contributed by atoms with Crippen molar-refractivity contribution in [3.8, 4) is 11.4 Å². The van der Waals surface area contributed by atoms with Crippen LogP contribution in [0.15, 0.2) is 60.8 Å². The fourth-order valence-corrected chi connectivity index (χ4v) is 3.13. The molecular weight excluding hydrogens is 374 g/mol. The molecule has 0 atom stereocenters. The van der Waals surface area contributed by atoms with Gasteiger partial charge in [0, 0.05) is 36.1 Å². The summed E-state index contributed by atoms with van der Waals surface area (Å²) in [6.07, 6.45) is 1.73. The Morgan fingerprint density at radius 2 is 1.80 bits per heavy atom. The number of likely N-dealkylation sites (N-methyl/N-ethyl adjacent to an activating group) is 1. The number of rotatable bonds is 9. The Bertz CT molecular complexity index is 967. The summed E-state index contributed by atoms with van der Waals surface area (Å²) in [6, 6.07) is 17.4. The maximum Gasteiger partial charge on any atom is 0.251 e. The minimum atomic E-state index is -0.0751. The first-order valence-corrected chi connectivity index (χ1v) is 10.4. The molecule has 0 aliphatic rings. The quantitative estimate of drug-likeness (QED) is 0.558. The highest BCUT2D eigenvalue weighted by atomic mass is 16.1. The second kappa shape index (κ2) is 10.5. The van der Waals surface area contributed by atoms with Crippen molar-refractivity contribution in [2.45, 2.75) is 20.8 Å². The molecule has 0 aliphatic carbocycles. The van der Waals surface area contributed by atoms with Crippen LogP contribution in [-0.4, -0.2) is 47.0 Å². The summed E-state index contributed by atoms with van der Waals surface area (Å²) in [5.74, 6) is 1.26. The van der Waals surface area contributed by atoms with Gasteiger partial charge in [-0.2, -0.15) is 0 Å². The molecule has 0 aliphatic heterocycles. The predicted molar refractivity (Wildman–Crippen MR) is 122 cm³/mol. The molecule has 156 valence electrons.